The summed E-state index contributed by atoms with van der Waals surface area (Å²) in [6.07, 6.45) is 3.62. The van der Waals surface area contributed by atoms with Gasteiger partial charge >= 0.3 is 0 Å². The van der Waals surface area contributed by atoms with Crippen molar-refractivity contribution in [2.45, 2.75) is 51.8 Å². The van der Waals surface area contributed by atoms with Gasteiger partial charge in [0.2, 0.25) is 5.91 Å². The zero-order valence-corrected chi connectivity index (χ0v) is 12.1. The van der Waals surface area contributed by atoms with Gasteiger partial charge in [0.05, 0.1) is 29.9 Å². The van der Waals surface area contributed by atoms with Crippen molar-refractivity contribution >= 4 is 5.91 Å². The van der Waals surface area contributed by atoms with Crippen molar-refractivity contribution in [1.29, 1.82) is 0 Å². The second-order valence-corrected chi connectivity index (χ2v) is 5.35. The normalized spacial score (nSPS) is 19.7. The van der Waals surface area contributed by atoms with Crippen molar-refractivity contribution in [3.8, 4) is 0 Å². The predicted octanol–water partition coefficient (Wildman–Crippen LogP) is 0.337. The zero-order chi connectivity index (χ0) is 14.5. The standard InChI is InChI=1S/C14H24N4O2/c1-3-9(4-2)13(19)7-16-14(20)11-5-10-12(6-15-11)18-8-17-10/h8-9,11,13,15,19H,3-7H2,1-2H3,(H,16,20)(H,17,18). The van der Waals surface area contributed by atoms with Crippen LogP contribution in [0.5, 0.6) is 0 Å². The summed E-state index contributed by atoms with van der Waals surface area (Å²) < 4.78 is 0. The molecule has 6 heteroatoms. The first-order chi connectivity index (χ1) is 9.65. The van der Waals surface area contributed by atoms with Gasteiger partial charge in [-0.2, -0.15) is 0 Å². The molecule has 20 heavy (non-hydrogen) atoms. The molecule has 0 aliphatic carbocycles. The molecule has 1 aromatic rings. The van der Waals surface area contributed by atoms with Gasteiger partial charge in [0.15, 0.2) is 0 Å². The van der Waals surface area contributed by atoms with Gasteiger partial charge in [-0.15, -0.1) is 0 Å². The average Bonchev–Trinajstić information content (AvgIpc) is 2.93. The molecule has 4 N–H and O–H groups in total. The van der Waals surface area contributed by atoms with Gasteiger partial charge in [0, 0.05) is 19.5 Å². The zero-order valence-electron chi connectivity index (χ0n) is 12.1. The van der Waals surface area contributed by atoms with E-state index in [1.54, 1.807) is 6.33 Å². The maximum absolute atomic E-state index is 12.1. The Morgan fingerprint density at radius 2 is 2.30 bits per heavy atom. The van der Waals surface area contributed by atoms with E-state index in [0.29, 0.717) is 19.5 Å². The predicted molar refractivity (Wildman–Crippen MR) is 76.0 cm³/mol. The van der Waals surface area contributed by atoms with Crippen LogP contribution in [0.4, 0.5) is 0 Å². The molecule has 0 fully saturated rings. The molecule has 2 rings (SSSR count). The Morgan fingerprint density at radius 3 is 3.00 bits per heavy atom. The van der Waals surface area contributed by atoms with E-state index in [0.717, 1.165) is 24.2 Å². The molecule has 0 saturated heterocycles. The second kappa shape index (κ2) is 6.85. The number of aliphatic hydroxyl groups is 1. The highest BCUT2D eigenvalue weighted by Crippen LogP contribution is 2.14. The summed E-state index contributed by atoms with van der Waals surface area (Å²) in [6, 6.07) is -0.264. The molecular formula is C14H24N4O2. The monoisotopic (exact) mass is 280 g/mol. The number of rotatable bonds is 6. The van der Waals surface area contributed by atoms with E-state index in [1.807, 2.05) is 0 Å². The molecule has 0 spiro atoms. The van der Waals surface area contributed by atoms with Crippen molar-refractivity contribution in [1.82, 2.24) is 20.6 Å². The fraction of sp³-hybridized carbons (Fsp3) is 0.714. The number of H-pyrrole nitrogens is 1. The van der Waals surface area contributed by atoms with Crippen LogP contribution in [0.15, 0.2) is 6.33 Å². The van der Waals surface area contributed by atoms with E-state index in [4.69, 9.17) is 0 Å². The Hall–Kier alpha value is -1.40. The topological polar surface area (TPSA) is 90.0 Å². The van der Waals surface area contributed by atoms with Crippen molar-refractivity contribution in [3.05, 3.63) is 17.7 Å². The molecule has 1 aliphatic heterocycles. The maximum Gasteiger partial charge on any atom is 0.237 e. The van der Waals surface area contributed by atoms with E-state index in [-0.39, 0.29) is 17.9 Å². The fourth-order valence-electron chi connectivity index (χ4n) is 2.68. The van der Waals surface area contributed by atoms with E-state index >= 15 is 0 Å². The largest absolute Gasteiger partial charge is 0.391 e. The molecule has 1 aliphatic rings. The van der Waals surface area contributed by atoms with Crippen LogP contribution in [0.3, 0.4) is 0 Å². The molecule has 112 valence electrons. The van der Waals surface area contributed by atoms with Crippen molar-refractivity contribution in [2.24, 2.45) is 5.92 Å². The molecule has 1 amide bonds. The van der Waals surface area contributed by atoms with E-state index in [9.17, 15) is 9.90 Å². The van der Waals surface area contributed by atoms with Gasteiger partial charge in [-0.3, -0.25) is 10.1 Å². The number of nitrogens with zero attached hydrogens (tertiary/aromatic N) is 1. The summed E-state index contributed by atoms with van der Waals surface area (Å²) in [6.45, 7) is 5.06. The number of hydrogen-bond acceptors (Lipinski definition) is 4. The number of nitrogens with one attached hydrogen (secondary N) is 3. The minimum Gasteiger partial charge on any atom is -0.391 e. The molecule has 2 atom stereocenters. The van der Waals surface area contributed by atoms with Crippen molar-refractivity contribution in [3.63, 3.8) is 0 Å². The first-order valence-electron chi connectivity index (χ1n) is 7.35. The Kier molecular flexibility index (Phi) is 5.14. The summed E-state index contributed by atoms with van der Waals surface area (Å²) in [4.78, 5) is 19.4. The molecule has 6 nitrogen and oxygen atoms in total. The number of carbonyl (C=O) groups excluding carboxylic acids is 1. The van der Waals surface area contributed by atoms with Crippen LogP contribution in [-0.4, -0.2) is 39.7 Å². The van der Waals surface area contributed by atoms with Crippen molar-refractivity contribution in [2.75, 3.05) is 6.54 Å². The smallest absolute Gasteiger partial charge is 0.237 e. The fourth-order valence-corrected chi connectivity index (χ4v) is 2.68. The average molecular weight is 280 g/mol. The summed E-state index contributed by atoms with van der Waals surface area (Å²) in [5, 5.41) is 16.0. The number of amides is 1. The minimum absolute atomic E-state index is 0.0661. The third kappa shape index (κ3) is 3.37. The van der Waals surface area contributed by atoms with Crippen molar-refractivity contribution < 1.29 is 9.90 Å². The van der Waals surface area contributed by atoms with E-state index < -0.39 is 6.10 Å². The third-order valence-electron chi connectivity index (χ3n) is 4.13. The molecule has 2 heterocycles. The SMILES string of the molecule is CCC(CC)C(O)CNC(=O)C1Cc2nc[nH]c2CN1. The Morgan fingerprint density at radius 1 is 1.55 bits per heavy atom. The molecule has 0 radical (unpaired) electrons. The maximum atomic E-state index is 12.1. The molecule has 0 aromatic carbocycles. The number of aliphatic hydroxyl groups excluding tert-OH is 1. The Balaban J connectivity index is 1.81. The summed E-state index contributed by atoms with van der Waals surface area (Å²) in [5.41, 5.74) is 2.00. The van der Waals surface area contributed by atoms with Crippen LogP contribution < -0.4 is 10.6 Å². The van der Waals surface area contributed by atoms with Gasteiger partial charge in [-0.25, -0.2) is 4.98 Å². The number of imidazole rings is 1. The van der Waals surface area contributed by atoms with Crippen LogP contribution in [0.1, 0.15) is 38.1 Å². The number of hydrogen-bond donors (Lipinski definition) is 4. The summed E-state index contributed by atoms with van der Waals surface area (Å²) >= 11 is 0. The highest BCUT2D eigenvalue weighted by molar-refractivity contribution is 5.82. The Bertz CT molecular complexity index is 442. The molecule has 0 saturated carbocycles. The molecule has 2 unspecified atom stereocenters. The number of fused-ring (bicyclic) bond motifs is 1. The quantitative estimate of drug-likeness (QED) is 0.605. The van der Waals surface area contributed by atoms with Crippen LogP contribution in [0.25, 0.3) is 0 Å². The lowest BCUT2D eigenvalue weighted by atomic mass is 9.96. The Labute approximate surface area is 119 Å². The van der Waals surface area contributed by atoms with E-state index in [2.05, 4.69) is 34.4 Å². The van der Waals surface area contributed by atoms with Gasteiger partial charge in [0.25, 0.3) is 0 Å². The molecule has 0 bridgehead atoms. The van der Waals surface area contributed by atoms with Gasteiger partial charge in [-0.1, -0.05) is 26.7 Å². The van der Waals surface area contributed by atoms with Gasteiger partial charge in [-0.05, 0) is 5.92 Å². The number of carbonyl (C=O) groups is 1. The van der Waals surface area contributed by atoms with Gasteiger partial charge < -0.3 is 15.4 Å². The molecular weight excluding hydrogens is 256 g/mol. The summed E-state index contributed by atoms with van der Waals surface area (Å²) in [5.74, 6) is 0.177. The van der Waals surface area contributed by atoms with Crippen LogP contribution in [0.2, 0.25) is 0 Å². The highest BCUT2D eigenvalue weighted by Gasteiger charge is 2.26. The first kappa shape index (κ1) is 15.0. The molecule has 1 aromatic heterocycles. The lowest BCUT2D eigenvalue weighted by molar-refractivity contribution is -0.124. The van der Waals surface area contributed by atoms with Crippen LogP contribution >= 0.6 is 0 Å². The summed E-state index contributed by atoms with van der Waals surface area (Å²) in [7, 11) is 0. The third-order valence-corrected chi connectivity index (χ3v) is 4.13. The highest BCUT2D eigenvalue weighted by atomic mass is 16.3. The lowest BCUT2D eigenvalue weighted by Crippen LogP contribution is -2.49. The van der Waals surface area contributed by atoms with Gasteiger partial charge in [0.1, 0.15) is 0 Å². The van der Waals surface area contributed by atoms with Crippen LogP contribution in [-0.2, 0) is 17.8 Å². The second-order valence-electron chi connectivity index (χ2n) is 5.35. The number of aromatic amines is 1. The van der Waals surface area contributed by atoms with E-state index in [1.165, 1.54) is 0 Å². The lowest BCUT2D eigenvalue weighted by Gasteiger charge is -2.24. The minimum atomic E-state index is -0.474. The van der Waals surface area contributed by atoms with Crippen LogP contribution in [0, 0.1) is 5.92 Å². The number of aromatic nitrogens is 2. The first-order valence-corrected chi connectivity index (χ1v) is 7.35.